The molecular weight excluding hydrogens is 189 g/mol. The first-order valence-corrected chi connectivity index (χ1v) is 5.73. The molecule has 0 aromatic heterocycles. The van der Waals surface area contributed by atoms with Crippen LogP contribution in [0.3, 0.4) is 0 Å². The second-order valence-electron chi connectivity index (χ2n) is 4.43. The Kier molecular flexibility index (Phi) is 3.37. The van der Waals surface area contributed by atoms with Gasteiger partial charge in [-0.3, -0.25) is 4.90 Å². The molecule has 0 spiro atoms. The molecule has 0 N–H and O–H groups in total. The molecule has 0 radical (unpaired) electrons. The number of piperidine rings is 1. The molecule has 1 aromatic rings. The summed E-state index contributed by atoms with van der Waals surface area (Å²) in [5, 5.41) is 0. The third-order valence-electron chi connectivity index (χ3n) is 3.04. The van der Waals surface area contributed by atoms with Crippen molar-refractivity contribution >= 4 is 0 Å². The summed E-state index contributed by atoms with van der Waals surface area (Å²) < 4.78 is 13.5. The van der Waals surface area contributed by atoms with Crippen LogP contribution in [0.2, 0.25) is 0 Å². The highest BCUT2D eigenvalue weighted by Gasteiger charge is 2.12. The number of hydrogen-bond donors (Lipinski definition) is 0. The van der Waals surface area contributed by atoms with Crippen LogP contribution in [0, 0.1) is 12.7 Å². The molecule has 1 nitrogen and oxygen atoms in total. The summed E-state index contributed by atoms with van der Waals surface area (Å²) in [6.07, 6.45) is 3.84. The second-order valence-corrected chi connectivity index (χ2v) is 4.43. The molecule has 2 heteroatoms. The van der Waals surface area contributed by atoms with Gasteiger partial charge in [-0.25, -0.2) is 4.39 Å². The number of benzene rings is 1. The fourth-order valence-corrected chi connectivity index (χ4v) is 2.18. The Balaban J connectivity index is 2.05. The summed E-state index contributed by atoms with van der Waals surface area (Å²) in [5.74, 6) is -0.0637. The zero-order valence-electron chi connectivity index (χ0n) is 9.30. The lowest BCUT2D eigenvalue weighted by atomic mass is 10.1. The van der Waals surface area contributed by atoms with Crippen molar-refractivity contribution in [1.82, 2.24) is 4.90 Å². The SMILES string of the molecule is Cc1ccc(F)c(CN2CCCCC2)c1. The van der Waals surface area contributed by atoms with Gasteiger partial charge in [0.15, 0.2) is 0 Å². The van der Waals surface area contributed by atoms with Gasteiger partial charge in [0.05, 0.1) is 0 Å². The Morgan fingerprint density at radius 3 is 2.67 bits per heavy atom. The van der Waals surface area contributed by atoms with Crippen molar-refractivity contribution in [3.63, 3.8) is 0 Å². The lowest BCUT2D eigenvalue weighted by Crippen LogP contribution is -2.29. The van der Waals surface area contributed by atoms with Crippen molar-refractivity contribution in [1.29, 1.82) is 0 Å². The molecule has 0 unspecified atom stereocenters. The fourth-order valence-electron chi connectivity index (χ4n) is 2.18. The average molecular weight is 207 g/mol. The van der Waals surface area contributed by atoms with Gasteiger partial charge >= 0.3 is 0 Å². The van der Waals surface area contributed by atoms with Gasteiger partial charge in [-0.15, -0.1) is 0 Å². The normalized spacial score (nSPS) is 18.0. The fraction of sp³-hybridized carbons (Fsp3) is 0.538. The van der Waals surface area contributed by atoms with E-state index in [4.69, 9.17) is 0 Å². The maximum absolute atomic E-state index is 13.5. The van der Waals surface area contributed by atoms with E-state index in [1.807, 2.05) is 19.1 Å². The molecule has 1 aromatic carbocycles. The number of hydrogen-bond acceptors (Lipinski definition) is 1. The highest BCUT2D eigenvalue weighted by Crippen LogP contribution is 2.16. The zero-order valence-corrected chi connectivity index (χ0v) is 9.30. The van der Waals surface area contributed by atoms with E-state index in [0.29, 0.717) is 0 Å². The first-order chi connectivity index (χ1) is 7.25. The largest absolute Gasteiger partial charge is 0.299 e. The maximum Gasteiger partial charge on any atom is 0.127 e. The summed E-state index contributed by atoms with van der Waals surface area (Å²) >= 11 is 0. The zero-order chi connectivity index (χ0) is 10.7. The maximum atomic E-state index is 13.5. The predicted octanol–water partition coefficient (Wildman–Crippen LogP) is 3.12. The summed E-state index contributed by atoms with van der Waals surface area (Å²) in [6.45, 7) is 5.02. The summed E-state index contributed by atoms with van der Waals surface area (Å²) in [4.78, 5) is 2.35. The lowest BCUT2D eigenvalue weighted by molar-refractivity contribution is 0.218. The van der Waals surface area contributed by atoms with Crippen LogP contribution in [-0.2, 0) is 6.54 Å². The number of nitrogens with zero attached hydrogens (tertiary/aromatic N) is 1. The van der Waals surface area contributed by atoms with Crippen LogP contribution in [0.1, 0.15) is 30.4 Å². The lowest BCUT2D eigenvalue weighted by Gasteiger charge is -2.26. The molecular formula is C13H18FN. The van der Waals surface area contributed by atoms with Crippen molar-refractivity contribution in [3.05, 3.63) is 35.1 Å². The average Bonchev–Trinajstić information content (AvgIpc) is 2.25. The molecule has 1 heterocycles. The molecule has 1 fully saturated rings. The van der Waals surface area contributed by atoms with Gasteiger partial charge < -0.3 is 0 Å². The molecule has 1 aliphatic rings. The van der Waals surface area contributed by atoms with Gasteiger partial charge in [0.2, 0.25) is 0 Å². The van der Waals surface area contributed by atoms with Gasteiger partial charge in [-0.2, -0.15) is 0 Å². The first-order valence-electron chi connectivity index (χ1n) is 5.73. The molecule has 1 aliphatic heterocycles. The Hall–Kier alpha value is -0.890. The van der Waals surface area contributed by atoms with Crippen LogP contribution in [-0.4, -0.2) is 18.0 Å². The summed E-state index contributed by atoms with van der Waals surface area (Å²) in [7, 11) is 0. The summed E-state index contributed by atoms with van der Waals surface area (Å²) in [5.41, 5.74) is 1.99. The van der Waals surface area contributed by atoms with Gasteiger partial charge in [-0.05, 0) is 38.9 Å². The molecule has 2 rings (SSSR count). The number of rotatable bonds is 2. The molecule has 0 bridgehead atoms. The van der Waals surface area contributed by atoms with E-state index < -0.39 is 0 Å². The Labute approximate surface area is 90.9 Å². The molecule has 1 saturated heterocycles. The van der Waals surface area contributed by atoms with Crippen molar-refractivity contribution in [3.8, 4) is 0 Å². The van der Waals surface area contributed by atoms with E-state index in [1.54, 1.807) is 6.07 Å². The number of halogens is 1. The molecule has 82 valence electrons. The quantitative estimate of drug-likeness (QED) is 0.720. The third kappa shape index (κ3) is 2.78. The van der Waals surface area contributed by atoms with Crippen LogP contribution in [0.25, 0.3) is 0 Å². The molecule has 0 aliphatic carbocycles. The smallest absolute Gasteiger partial charge is 0.127 e. The van der Waals surface area contributed by atoms with Gasteiger partial charge in [0, 0.05) is 12.1 Å². The Morgan fingerprint density at radius 1 is 1.20 bits per heavy atom. The first kappa shape index (κ1) is 10.6. The van der Waals surface area contributed by atoms with Crippen LogP contribution in [0.15, 0.2) is 18.2 Å². The minimum atomic E-state index is -0.0637. The number of likely N-dealkylation sites (tertiary alicyclic amines) is 1. The van der Waals surface area contributed by atoms with Crippen molar-refractivity contribution in [2.24, 2.45) is 0 Å². The van der Waals surface area contributed by atoms with Gasteiger partial charge in [0.1, 0.15) is 5.82 Å². The van der Waals surface area contributed by atoms with E-state index in [1.165, 1.54) is 19.3 Å². The topological polar surface area (TPSA) is 3.24 Å². The Morgan fingerprint density at radius 2 is 1.93 bits per heavy atom. The molecule has 0 atom stereocenters. The van der Waals surface area contributed by atoms with E-state index >= 15 is 0 Å². The monoisotopic (exact) mass is 207 g/mol. The van der Waals surface area contributed by atoms with Crippen molar-refractivity contribution in [2.75, 3.05) is 13.1 Å². The standard InChI is InChI=1S/C13H18FN/c1-11-5-6-13(14)12(9-11)10-15-7-3-2-4-8-15/h5-6,9H,2-4,7-8,10H2,1H3. The van der Waals surface area contributed by atoms with Crippen molar-refractivity contribution in [2.45, 2.75) is 32.7 Å². The van der Waals surface area contributed by atoms with Crippen molar-refractivity contribution < 1.29 is 4.39 Å². The third-order valence-corrected chi connectivity index (χ3v) is 3.04. The number of aryl methyl sites for hydroxylation is 1. The highest BCUT2D eigenvalue weighted by molar-refractivity contribution is 5.24. The molecule has 15 heavy (non-hydrogen) atoms. The second kappa shape index (κ2) is 4.75. The molecule has 0 saturated carbocycles. The van der Waals surface area contributed by atoms with E-state index in [-0.39, 0.29) is 5.82 Å². The minimum Gasteiger partial charge on any atom is -0.299 e. The summed E-state index contributed by atoms with van der Waals surface area (Å²) in [6, 6.07) is 5.37. The Bertz CT molecular complexity index is 329. The van der Waals surface area contributed by atoms with Crippen LogP contribution in [0.5, 0.6) is 0 Å². The van der Waals surface area contributed by atoms with E-state index in [0.717, 1.165) is 30.8 Å². The van der Waals surface area contributed by atoms with Crippen LogP contribution >= 0.6 is 0 Å². The molecule has 0 amide bonds. The highest BCUT2D eigenvalue weighted by atomic mass is 19.1. The minimum absolute atomic E-state index is 0.0637. The predicted molar refractivity (Wildman–Crippen MR) is 60.3 cm³/mol. The van der Waals surface area contributed by atoms with Crippen LogP contribution < -0.4 is 0 Å². The van der Waals surface area contributed by atoms with E-state index in [9.17, 15) is 4.39 Å². The van der Waals surface area contributed by atoms with E-state index in [2.05, 4.69) is 4.90 Å². The van der Waals surface area contributed by atoms with Gasteiger partial charge in [-0.1, -0.05) is 24.1 Å². The van der Waals surface area contributed by atoms with Gasteiger partial charge in [0.25, 0.3) is 0 Å². The van der Waals surface area contributed by atoms with Crippen LogP contribution in [0.4, 0.5) is 4.39 Å².